The maximum atomic E-state index is 10.2. The molecule has 0 aliphatic carbocycles. The molecule has 0 radical (unpaired) electrons. The van der Waals surface area contributed by atoms with Crippen molar-refractivity contribution >= 4 is 17.8 Å². The molecule has 0 amide bonds. The summed E-state index contributed by atoms with van der Waals surface area (Å²) in [6, 6.07) is 21.3. The van der Waals surface area contributed by atoms with Crippen molar-refractivity contribution in [3.63, 3.8) is 0 Å². The normalized spacial score (nSPS) is 12.1. The number of rotatable bonds is 9. The van der Waals surface area contributed by atoms with Crippen LogP contribution in [0.25, 0.3) is 12.2 Å². The first-order valence-corrected chi connectivity index (χ1v) is 9.89. The Morgan fingerprint density at radius 1 is 0.774 bits per heavy atom. The van der Waals surface area contributed by atoms with Crippen LogP contribution < -0.4 is 19.5 Å². The summed E-state index contributed by atoms with van der Waals surface area (Å²) in [6.07, 6.45) is 6.82. The van der Waals surface area contributed by atoms with Crippen LogP contribution in [0, 0.1) is 0 Å². The van der Waals surface area contributed by atoms with Crippen LogP contribution in [0.5, 0.6) is 17.2 Å². The number of aliphatic hydroxyl groups excluding tert-OH is 1. The Bertz CT molecular complexity index is 1000. The monoisotopic (exact) mass is 417 g/mol. The lowest BCUT2D eigenvalue weighted by Crippen LogP contribution is -1.95. The van der Waals surface area contributed by atoms with Crippen LogP contribution in [0.2, 0.25) is 0 Å². The molecular weight excluding hydrogens is 390 g/mol. The summed E-state index contributed by atoms with van der Waals surface area (Å²) in [5.74, 6) is 1.80. The number of aliphatic hydroxyl groups is 1. The maximum absolute atomic E-state index is 10.2. The molecule has 0 aliphatic rings. The molecule has 5 heteroatoms. The molecule has 1 atom stereocenters. The second-order valence-electron chi connectivity index (χ2n) is 6.77. The van der Waals surface area contributed by atoms with Crippen molar-refractivity contribution < 1.29 is 19.3 Å². The van der Waals surface area contributed by atoms with Gasteiger partial charge < -0.3 is 24.6 Å². The molecular formula is C26H27NO4. The molecule has 2 N–H and O–H groups in total. The van der Waals surface area contributed by atoms with Crippen LogP contribution in [0.4, 0.5) is 5.69 Å². The molecule has 3 aromatic carbocycles. The first-order chi connectivity index (χ1) is 15.1. The third kappa shape index (κ3) is 5.90. The van der Waals surface area contributed by atoms with Gasteiger partial charge in [-0.05, 0) is 53.2 Å². The Labute approximate surface area is 183 Å². The predicted octanol–water partition coefficient (Wildman–Crippen LogP) is 5.54. The van der Waals surface area contributed by atoms with E-state index in [2.05, 4.69) is 5.32 Å². The average Bonchev–Trinajstić information content (AvgIpc) is 2.83. The van der Waals surface area contributed by atoms with Gasteiger partial charge in [-0.25, -0.2) is 0 Å². The lowest BCUT2D eigenvalue weighted by molar-refractivity contribution is 0.228. The fourth-order valence-corrected chi connectivity index (χ4v) is 3.08. The fourth-order valence-electron chi connectivity index (χ4n) is 3.08. The highest BCUT2D eigenvalue weighted by molar-refractivity contribution is 5.73. The average molecular weight is 418 g/mol. The Morgan fingerprint density at radius 3 is 1.97 bits per heavy atom. The lowest BCUT2D eigenvalue weighted by atomic mass is 10.1. The molecule has 1 unspecified atom stereocenters. The van der Waals surface area contributed by atoms with Crippen LogP contribution in [0.1, 0.15) is 22.8 Å². The maximum Gasteiger partial charge on any atom is 0.203 e. The van der Waals surface area contributed by atoms with Gasteiger partial charge in [0.05, 0.1) is 27.4 Å². The van der Waals surface area contributed by atoms with Gasteiger partial charge in [0.1, 0.15) is 0 Å². The fraction of sp³-hybridized carbons (Fsp3) is 0.154. The van der Waals surface area contributed by atoms with E-state index in [1.54, 1.807) is 33.6 Å². The number of benzene rings is 3. The molecule has 0 aliphatic heterocycles. The van der Waals surface area contributed by atoms with Gasteiger partial charge in [-0.1, -0.05) is 54.6 Å². The Balaban J connectivity index is 1.64. The van der Waals surface area contributed by atoms with E-state index in [9.17, 15) is 5.11 Å². The lowest BCUT2D eigenvalue weighted by Gasteiger charge is -2.12. The summed E-state index contributed by atoms with van der Waals surface area (Å²) >= 11 is 0. The Kier molecular flexibility index (Phi) is 7.73. The van der Waals surface area contributed by atoms with Gasteiger partial charge >= 0.3 is 0 Å². The quantitative estimate of drug-likeness (QED) is 0.448. The van der Waals surface area contributed by atoms with E-state index in [1.165, 1.54) is 0 Å². The topological polar surface area (TPSA) is 60.0 Å². The van der Waals surface area contributed by atoms with Gasteiger partial charge in [-0.15, -0.1) is 0 Å². The zero-order valence-electron chi connectivity index (χ0n) is 17.9. The van der Waals surface area contributed by atoms with Crippen molar-refractivity contribution in [2.75, 3.05) is 26.6 Å². The third-order valence-electron chi connectivity index (χ3n) is 4.74. The number of hydrogen-bond acceptors (Lipinski definition) is 5. The molecule has 0 spiro atoms. The molecule has 3 rings (SSSR count). The second kappa shape index (κ2) is 10.9. The summed E-state index contributed by atoms with van der Waals surface area (Å²) in [6.45, 7) is 0. The van der Waals surface area contributed by atoms with E-state index in [1.807, 2.05) is 78.9 Å². The highest BCUT2D eigenvalue weighted by Crippen LogP contribution is 2.38. The van der Waals surface area contributed by atoms with Crippen molar-refractivity contribution in [2.45, 2.75) is 6.10 Å². The van der Waals surface area contributed by atoms with Gasteiger partial charge in [0.2, 0.25) is 5.75 Å². The Hall–Kier alpha value is -3.70. The summed E-state index contributed by atoms with van der Waals surface area (Å²) in [4.78, 5) is 0. The van der Waals surface area contributed by atoms with Gasteiger partial charge in [-0.3, -0.25) is 0 Å². The standard InChI is InChI=1S/C26H27NO4/c1-29-24-17-20(18-25(30-2)26(24)31-3)10-9-19-11-13-22(14-12-19)27-16-15-23(28)21-7-5-4-6-8-21/h4-18,23,27-28H,1-3H3/b10-9-,16-15-. The number of ether oxygens (including phenoxy) is 3. The third-order valence-corrected chi connectivity index (χ3v) is 4.74. The van der Waals surface area contributed by atoms with Crippen LogP contribution >= 0.6 is 0 Å². The molecule has 0 saturated heterocycles. The van der Waals surface area contributed by atoms with E-state index in [0.29, 0.717) is 17.2 Å². The number of nitrogens with one attached hydrogen (secondary N) is 1. The summed E-state index contributed by atoms with van der Waals surface area (Å²) < 4.78 is 16.2. The number of methoxy groups -OCH3 is 3. The molecule has 160 valence electrons. The van der Waals surface area contributed by atoms with E-state index in [-0.39, 0.29) is 0 Å². The molecule has 0 heterocycles. The van der Waals surface area contributed by atoms with E-state index >= 15 is 0 Å². The van der Waals surface area contributed by atoms with Crippen LogP contribution in [0.15, 0.2) is 79.0 Å². The largest absolute Gasteiger partial charge is 0.493 e. The van der Waals surface area contributed by atoms with Crippen molar-refractivity contribution in [3.8, 4) is 17.2 Å². The Morgan fingerprint density at radius 2 is 1.39 bits per heavy atom. The minimum atomic E-state index is -0.644. The molecule has 0 aromatic heterocycles. The molecule has 5 nitrogen and oxygen atoms in total. The van der Waals surface area contributed by atoms with Crippen LogP contribution in [-0.4, -0.2) is 26.4 Å². The molecule has 31 heavy (non-hydrogen) atoms. The minimum absolute atomic E-state index is 0.572. The van der Waals surface area contributed by atoms with Crippen molar-refractivity contribution in [2.24, 2.45) is 0 Å². The molecule has 0 saturated carbocycles. The molecule has 3 aromatic rings. The predicted molar refractivity (Wildman–Crippen MR) is 126 cm³/mol. The van der Waals surface area contributed by atoms with Crippen molar-refractivity contribution in [1.29, 1.82) is 0 Å². The summed E-state index contributed by atoms with van der Waals surface area (Å²) in [7, 11) is 4.79. The molecule has 0 fully saturated rings. The summed E-state index contributed by atoms with van der Waals surface area (Å²) in [5, 5.41) is 13.3. The highest BCUT2D eigenvalue weighted by atomic mass is 16.5. The minimum Gasteiger partial charge on any atom is -0.493 e. The van der Waals surface area contributed by atoms with Gasteiger partial charge in [0.25, 0.3) is 0 Å². The van der Waals surface area contributed by atoms with Crippen molar-refractivity contribution in [3.05, 3.63) is 95.7 Å². The summed E-state index contributed by atoms with van der Waals surface area (Å²) in [5.41, 5.74) is 3.77. The van der Waals surface area contributed by atoms with Gasteiger partial charge in [0, 0.05) is 5.69 Å². The second-order valence-corrected chi connectivity index (χ2v) is 6.77. The van der Waals surface area contributed by atoms with E-state index < -0.39 is 6.10 Å². The first-order valence-electron chi connectivity index (χ1n) is 9.89. The first kappa shape index (κ1) is 22.0. The van der Waals surface area contributed by atoms with Gasteiger partial charge in [-0.2, -0.15) is 0 Å². The van der Waals surface area contributed by atoms with Crippen molar-refractivity contribution in [1.82, 2.24) is 0 Å². The van der Waals surface area contributed by atoms with Gasteiger partial charge in [0.15, 0.2) is 11.5 Å². The van der Waals surface area contributed by atoms with E-state index in [0.717, 1.165) is 22.4 Å². The zero-order valence-corrected chi connectivity index (χ0v) is 17.9. The zero-order chi connectivity index (χ0) is 22.1. The smallest absolute Gasteiger partial charge is 0.203 e. The van der Waals surface area contributed by atoms with Crippen LogP contribution in [-0.2, 0) is 0 Å². The molecule has 0 bridgehead atoms. The SMILES string of the molecule is COc1cc(/C=C\c2ccc(N/C=C\C(O)c3ccccc3)cc2)cc(OC)c1OC. The van der Waals surface area contributed by atoms with E-state index in [4.69, 9.17) is 14.2 Å². The number of anilines is 1. The highest BCUT2D eigenvalue weighted by Gasteiger charge is 2.11. The number of hydrogen-bond donors (Lipinski definition) is 2. The van der Waals surface area contributed by atoms with Crippen LogP contribution in [0.3, 0.4) is 0 Å².